The molecule has 0 fully saturated rings. The van der Waals surface area contributed by atoms with E-state index in [1.165, 1.54) is 38.6 Å². The summed E-state index contributed by atoms with van der Waals surface area (Å²) >= 11 is 0. The predicted octanol–water partition coefficient (Wildman–Crippen LogP) is 14.0. The van der Waals surface area contributed by atoms with Crippen LogP contribution in [0.5, 0.6) is 0 Å². The van der Waals surface area contributed by atoms with Crippen molar-refractivity contribution in [3.8, 4) is 44.7 Å². The molecule has 0 unspecified atom stereocenters. The fraction of sp³-hybridized carbons (Fsp3) is 0.0204. The Hall–Kier alpha value is -6.64. The first-order valence-electron chi connectivity index (χ1n) is 17.4. The normalized spacial score (nSPS) is 11.2. The molecule has 1 aromatic heterocycles. The molecule has 1 heterocycles. The van der Waals surface area contributed by atoms with E-state index in [0.29, 0.717) is 0 Å². The zero-order chi connectivity index (χ0) is 34.1. The molecule has 0 saturated carbocycles. The summed E-state index contributed by atoms with van der Waals surface area (Å²) in [5.74, 6) is 0.924. The van der Waals surface area contributed by atoms with Crippen molar-refractivity contribution in [1.82, 2.24) is 0 Å². The highest BCUT2D eigenvalue weighted by atomic mass is 16.3. The molecule has 0 aliphatic heterocycles. The van der Waals surface area contributed by atoms with Gasteiger partial charge >= 0.3 is 0 Å². The third-order valence-corrected chi connectivity index (χ3v) is 9.89. The zero-order valence-corrected chi connectivity index (χ0v) is 28.3. The van der Waals surface area contributed by atoms with Crippen LogP contribution in [0.25, 0.3) is 66.4 Å². The van der Waals surface area contributed by atoms with E-state index in [1.807, 2.05) is 12.1 Å². The lowest BCUT2D eigenvalue weighted by atomic mass is 9.99. The number of hydrogen-bond donors (Lipinski definition) is 0. The molecular formula is C49H35NO. The molecule has 0 bridgehead atoms. The Morgan fingerprint density at radius 2 is 0.843 bits per heavy atom. The molecule has 0 amide bonds. The number of para-hydroxylation sites is 1. The number of aryl methyl sites for hydroxylation is 1. The molecule has 0 saturated heterocycles. The summed E-state index contributed by atoms with van der Waals surface area (Å²) < 4.78 is 6.31. The summed E-state index contributed by atoms with van der Waals surface area (Å²) in [6.45, 7) is 2.14. The number of furan rings is 1. The molecule has 9 aromatic rings. The van der Waals surface area contributed by atoms with Gasteiger partial charge in [-0.15, -0.1) is 0 Å². The highest BCUT2D eigenvalue weighted by Gasteiger charge is 2.17. The Labute approximate surface area is 298 Å². The number of hydrogen-bond acceptors (Lipinski definition) is 2. The Morgan fingerprint density at radius 3 is 1.51 bits per heavy atom. The molecule has 0 spiro atoms. The van der Waals surface area contributed by atoms with Gasteiger partial charge in [-0.2, -0.15) is 0 Å². The van der Waals surface area contributed by atoms with Crippen LogP contribution in [0.1, 0.15) is 5.56 Å². The number of rotatable bonds is 7. The van der Waals surface area contributed by atoms with Gasteiger partial charge < -0.3 is 9.32 Å². The maximum absolute atomic E-state index is 6.31. The molecule has 0 N–H and O–H groups in total. The monoisotopic (exact) mass is 653 g/mol. The standard InChI is InChI=1S/C49H35NO/c1-34-45-17-7-8-20-48(45)51-49(34)42-16-9-15-41(33-42)39-27-31-44(32-28-39)50(47-19-10-14-40-13-5-6-18-46(40)47)43-29-25-38(26-30-43)37-23-21-36(22-24-37)35-11-3-2-4-12-35/h2-33H,1H3. The van der Waals surface area contributed by atoms with Crippen molar-refractivity contribution in [3.63, 3.8) is 0 Å². The first kappa shape index (κ1) is 30.4. The summed E-state index contributed by atoms with van der Waals surface area (Å²) in [4.78, 5) is 2.36. The minimum atomic E-state index is 0.919. The van der Waals surface area contributed by atoms with Gasteiger partial charge in [-0.25, -0.2) is 0 Å². The van der Waals surface area contributed by atoms with Crippen molar-refractivity contribution in [3.05, 3.63) is 200 Å². The third-order valence-electron chi connectivity index (χ3n) is 9.89. The average Bonchev–Trinajstić information content (AvgIpc) is 3.55. The topological polar surface area (TPSA) is 16.4 Å². The van der Waals surface area contributed by atoms with E-state index in [9.17, 15) is 0 Å². The summed E-state index contributed by atoms with van der Waals surface area (Å²) in [5.41, 5.74) is 13.6. The quantitative estimate of drug-likeness (QED) is 0.170. The van der Waals surface area contributed by atoms with Gasteiger partial charge in [0, 0.05) is 33.3 Å². The van der Waals surface area contributed by atoms with Crippen LogP contribution in [0, 0.1) is 6.92 Å². The van der Waals surface area contributed by atoms with E-state index in [1.54, 1.807) is 0 Å². The zero-order valence-electron chi connectivity index (χ0n) is 28.3. The van der Waals surface area contributed by atoms with Gasteiger partial charge in [0.05, 0.1) is 5.69 Å². The SMILES string of the molecule is Cc1c(-c2cccc(-c3ccc(N(c4ccc(-c5ccc(-c6ccccc6)cc5)cc4)c4cccc5ccccc45)cc3)c2)oc2ccccc12. The maximum Gasteiger partial charge on any atom is 0.138 e. The molecule has 2 heteroatoms. The molecule has 2 nitrogen and oxygen atoms in total. The van der Waals surface area contributed by atoms with Crippen LogP contribution in [-0.2, 0) is 0 Å². The van der Waals surface area contributed by atoms with Crippen LogP contribution >= 0.6 is 0 Å². The molecular weight excluding hydrogens is 619 g/mol. The first-order valence-corrected chi connectivity index (χ1v) is 17.4. The summed E-state index contributed by atoms with van der Waals surface area (Å²) in [6, 6.07) is 69.2. The van der Waals surface area contributed by atoms with Crippen molar-refractivity contribution in [1.29, 1.82) is 0 Å². The van der Waals surface area contributed by atoms with E-state index >= 15 is 0 Å². The molecule has 0 atom stereocenters. The second-order valence-corrected chi connectivity index (χ2v) is 13.0. The highest BCUT2D eigenvalue weighted by Crippen LogP contribution is 2.41. The largest absolute Gasteiger partial charge is 0.456 e. The minimum Gasteiger partial charge on any atom is -0.456 e. The molecule has 242 valence electrons. The summed E-state index contributed by atoms with van der Waals surface area (Å²) in [7, 11) is 0. The predicted molar refractivity (Wildman–Crippen MR) is 215 cm³/mol. The Morgan fingerprint density at radius 1 is 0.373 bits per heavy atom. The van der Waals surface area contributed by atoms with Gasteiger partial charge in [0.1, 0.15) is 11.3 Å². The van der Waals surface area contributed by atoms with Crippen molar-refractivity contribution in [2.45, 2.75) is 6.92 Å². The molecule has 51 heavy (non-hydrogen) atoms. The number of anilines is 3. The first-order chi connectivity index (χ1) is 25.2. The van der Waals surface area contributed by atoms with Crippen LogP contribution in [0.2, 0.25) is 0 Å². The molecule has 8 aromatic carbocycles. The molecule has 9 rings (SSSR count). The van der Waals surface area contributed by atoms with Crippen LogP contribution in [-0.4, -0.2) is 0 Å². The van der Waals surface area contributed by atoms with Gasteiger partial charge in [0.2, 0.25) is 0 Å². The molecule has 0 aliphatic rings. The lowest BCUT2D eigenvalue weighted by Crippen LogP contribution is -2.10. The molecule has 0 aliphatic carbocycles. The fourth-order valence-corrected chi connectivity index (χ4v) is 7.21. The maximum atomic E-state index is 6.31. The minimum absolute atomic E-state index is 0.919. The lowest BCUT2D eigenvalue weighted by molar-refractivity contribution is 0.629. The van der Waals surface area contributed by atoms with Crippen molar-refractivity contribution in [2.24, 2.45) is 0 Å². The van der Waals surface area contributed by atoms with Crippen molar-refractivity contribution < 1.29 is 4.42 Å². The van der Waals surface area contributed by atoms with E-state index in [2.05, 4.69) is 194 Å². The van der Waals surface area contributed by atoms with Gasteiger partial charge in [0.25, 0.3) is 0 Å². The number of fused-ring (bicyclic) bond motifs is 2. The van der Waals surface area contributed by atoms with Gasteiger partial charge in [-0.05, 0) is 88.2 Å². The van der Waals surface area contributed by atoms with Crippen LogP contribution < -0.4 is 4.90 Å². The summed E-state index contributed by atoms with van der Waals surface area (Å²) in [6.07, 6.45) is 0. The Kier molecular flexibility index (Phi) is 7.75. The van der Waals surface area contributed by atoms with Gasteiger partial charge in [-0.1, -0.05) is 152 Å². The highest BCUT2D eigenvalue weighted by molar-refractivity contribution is 5.99. The smallest absolute Gasteiger partial charge is 0.138 e. The molecule has 0 radical (unpaired) electrons. The summed E-state index contributed by atoms with van der Waals surface area (Å²) in [5, 5.41) is 3.58. The lowest BCUT2D eigenvalue weighted by Gasteiger charge is -2.27. The van der Waals surface area contributed by atoms with Crippen LogP contribution in [0.3, 0.4) is 0 Å². The Balaban J connectivity index is 1.07. The van der Waals surface area contributed by atoms with Crippen LogP contribution in [0.4, 0.5) is 17.1 Å². The van der Waals surface area contributed by atoms with Crippen LogP contribution in [0.15, 0.2) is 199 Å². The fourth-order valence-electron chi connectivity index (χ4n) is 7.21. The third kappa shape index (κ3) is 5.77. The van der Waals surface area contributed by atoms with E-state index in [4.69, 9.17) is 4.42 Å². The van der Waals surface area contributed by atoms with Crippen molar-refractivity contribution >= 4 is 38.8 Å². The van der Waals surface area contributed by atoms with E-state index < -0.39 is 0 Å². The van der Waals surface area contributed by atoms with E-state index in [-0.39, 0.29) is 0 Å². The second-order valence-electron chi connectivity index (χ2n) is 13.0. The average molecular weight is 654 g/mol. The van der Waals surface area contributed by atoms with E-state index in [0.717, 1.165) is 50.5 Å². The van der Waals surface area contributed by atoms with Gasteiger partial charge in [-0.3, -0.25) is 0 Å². The van der Waals surface area contributed by atoms with Gasteiger partial charge in [0.15, 0.2) is 0 Å². The second kappa shape index (κ2) is 13.0. The number of nitrogens with zero attached hydrogens (tertiary/aromatic N) is 1. The van der Waals surface area contributed by atoms with Crippen molar-refractivity contribution in [2.75, 3.05) is 4.90 Å². The number of benzene rings is 8. The Bertz CT molecular complexity index is 2610.